The van der Waals surface area contributed by atoms with E-state index in [4.69, 9.17) is 0 Å². The summed E-state index contributed by atoms with van der Waals surface area (Å²) in [5.41, 5.74) is 3.26. The maximum Gasteiger partial charge on any atom is 0.248 e. The summed E-state index contributed by atoms with van der Waals surface area (Å²) in [5, 5.41) is 2.79. The van der Waals surface area contributed by atoms with Crippen LogP contribution in [0.4, 0.5) is 5.69 Å². The molecular weight excluding hydrogens is 174 g/mol. The molecule has 0 saturated carbocycles. The average Bonchev–Trinajstić information content (AvgIpc) is 2.12. The second-order valence-electron chi connectivity index (χ2n) is 3.29. The summed E-state index contributed by atoms with van der Waals surface area (Å²) in [6.45, 7) is 5.90. The Bertz CT molecular complexity index is 367. The van der Waals surface area contributed by atoms with E-state index in [9.17, 15) is 4.79 Å². The number of nitrogens with one attached hydrogen (secondary N) is 1. The number of hydrogen-bond donors (Lipinski definition) is 1. The van der Waals surface area contributed by atoms with Crippen LogP contribution in [0.3, 0.4) is 0 Å². The molecule has 1 amide bonds. The van der Waals surface area contributed by atoms with Crippen molar-refractivity contribution in [2.75, 3.05) is 5.32 Å². The lowest BCUT2D eigenvalue weighted by Gasteiger charge is -2.05. The van der Waals surface area contributed by atoms with Crippen molar-refractivity contribution in [2.24, 2.45) is 0 Å². The summed E-state index contributed by atoms with van der Waals surface area (Å²) in [4.78, 5) is 11.2. The highest BCUT2D eigenvalue weighted by Crippen LogP contribution is 2.13. The Hall–Kier alpha value is -1.57. The van der Waals surface area contributed by atoms with Gasteiger partial charge in [0.2, 0.25) is 5.91 Å². The minimum atomic E-state index is -0.0873. The Morgan fingerprint density at radius 1 is 1.29 bits per heavy atom. The van der Waals surface area contributed by atoms with Crippen LogP contribution in [0.5, 0.6) is 0 Å². The molecule has 1 aromatic carbocycles. The molecule has 0 aliphatic carbocycles. The van der Waals surface area contributed by atoms with E-state index in [1.807, 2.05) is 39.0 Å². The standard InChI is InChI=1S/C12H15NO/c1-4-5-12(14)13-11-7-6-9(2)10(3)8-11/h4-8H,1-3H3,(H,13,14). The molecule has 1 N–H and O–H groups in total. The fourth-order valence-electron chi connectivity index (χ4n) is 1.15. The minimum Gasteiger partial charge on any atom is -0.323 e. The van der Waals surface area contributed by atoms with Gasteiger partial charge >= 0.3 is 0 Å². The molecule has 1 rings (SSSR count). The number of carbonyl (C=O) groups excluding carboxylic acids is 1. The zero-order valence-corrected chi connectivity index (χ0v) is 8.79. The first-order valence-corrected chi connectivity index (χ1v) is 4.64. The molecule has 0 bridgehead atoms. The molecule has 2 heteroatoms. The lowest BCUT2D eigenvalue weighted by atomic mass is 10.1. The molecule has 0 unspecified atom stereocenters. The van der Waals surface area contributed by atoms with Crippen molar-refractivity contribution in [1.82, 2.24) is 0 Å². The van der Waals surface area contributed by atoms with Gasteiger partial charge in [-0.05, 0) is 50.1 Å². The second kappa shape index (κ2) is 4.61. The fraction of sp³-hybridized carbons (Fsp3) is 0.250. The molecule has 2 nitrogen and oxygen atoms in total. The Balaban J connectivity index is 2.78. The van der Waals surface area contributed by atoms with Gasteiger partial charge in [0, 0.05) is 5.69 Å². The number of hydrogen-bond acceptors (Lipinski definition) is 1. The van der Waals surface area contributed by atoms with Gasteiger partial charge in [0.1, 0.15) is 0 Å². The van der Waals surface area contributed by atoms with Gasteiger partial charge in [-0.15, -0.1) is 0 Å². The number of allylic oxidation sites excluding steroid dienone is 1. The number of rotatable bonds is 2. The molecule has 0 atom stereocenters. The van der Waals surface area contributed by atoms with Crippen LogP contribution in [0.1, 0.15) is 18.1 Å². The summed E-state index contributed by atoms with van der Waals surface area (Å²) < 4.78 is 0. The van der Waals surface area contributed by atoms with E-state index in [0.29, 0.717) is 0 Å². The van der Waals surface area contributed by atoms with Crippen molar-refractivity contribution in [2.45, 2.75) is 20.8 Å². The highest BCUT2D eigenvalue weighted by molar-refractivity contribution is 5.99. The largest absolute Gasteiger partial charge is 0.323 e. The number of aryl methyl sites for hydroxylation is 2. The van der Waals surface area contributed by atoms with Crippen LogP contribution in [0.15, 0.2) is 30.4 Å². The van der Waals surface area contributed by atoms with Crippen LogP contribution in [-0.4, -0.2) is 5.91 Å². The zero-order chi connectivity index (χ0) is 10.6. The highest BCUT2D eigenvalue weighted by atomic mass is 16.1. The zero-order valence-electron chi connectivity index (χ0n) is 8.79. The number of benzene rings is 1. The molecule has 0 saturated heterocycles. The van der Waals surface area contributed by atoms with Gasteiger partial charge in [-0.1, -0.05) is 12.1 Å². The van der Waals surface area contributed by atoms with Gasteiger partial charge < -0.3 is 5.32 Å². The molecule has 0 aliphatic heterocycles. The summed E-state index contributed by atoms with van der Waals surface area (Å²) >= 11 is 0. The topological polar surface area (TPSA) is 29.1 Å². The van der Waals surface area contributed by atoms with Gasteiger partial charge in [-0.2, -0.15) is 0 Å². The number of anilines is 1. The Labute approximate surface area is 84.6 Å². The van der Waals surface area contributed by atoms with Crippen LogP contribution < -0.4 is 5.32 Å². The SMILES string of the molecule is CC=CC(=O)Nc1ccc(C)c(C)c1. The summed E-state index contributed by atoms with van der Waals surface area (Å²) in [6, 6.07) is 5.88. The molecule has 0 fully saturated rings. The lowest BCUT2D eigenvalue weighted by molar-refractivity contribution is -0.111. The first-order chi connectivity index (χ1) is 6.63. The average molecular weight is 189 g/mol. The quantitative estimate of drug-likeness (QED) is 0.712. The van der Waals surface area contributed by atoms with Crippen LogP contribution in [0.2, 0.25) is 0 Å². The van der Waals surface area contributed by atoms with Gasteiger partial charge in [-0.3, -0.25) is 4.79 Å². The molecular formula is C12H15NO. The van der Waals surface area contributed by atoms with E-state index in [2.05, 4.69) is 5.32 Å². The van der Waals surface area contributed by atoms with Crippen molar-refractivity contribution in [3.63, 3.8) is 0 Å². The summed E-state index contributed by atoms with van der Waals surface area (Å²) in [6.07, 6.45) is 3.23. The Morgan fingerprint density at radius 2 is 2.00 bits per heavy atom. The van der Waals surface area contributed by atoms with E-state index in [1.54, 1.807) is 6.08 Å². The van der Waals surface area contributed by atoms with Crippen LogP contribution >= 0.6 is 0 Å². The van der Waals surface area contributed by atoms with Crippen molar-refractivity contribution in [3.05, 3.63) is 41.5 Å². The van der Waals surface area contributed by atoms with Gasteiger partial charge in [0.15, 0.2) is 0 Å². The molecule has 0 aliphatic rings. The molecule has 14 heavy (non-hydrogen) atoms. The Morgan fingerprint density at radius 3 is 2.57 bits per heavy atom. The third-order valence-corrected chi connectivity index (χ3v) is 2.09. The van der Waals surface area contributed by atoms with E-state index in [0.717, 1.165) is 5.69 Å². The van der Waals surface area contributed by atoms with Crippen molar-refractivity contribution in [1.29, 1.82) is 0 Å². The summed E-state index contributed by atoms with van der Waals surface area (Å²) in [5.74, 6) is -0.0873. The van der Waals surface area contributed by atoms with Gasteiger partial charge in [0.05, 0.1) is 0 Å². The first-order valence-electron chi connectivity index (χ1n) is 4.64. The third-order valence-electron chi connectivity index (χ3n) is 2.09. The fourth-order valence-corrected chi connectivity index (χ4v) is 1.15. The van der Waals surface area contributed by atoms with Crippen LogP contribution in [-0.2, 0) is 4.79 Å². The van der Waals surface area contributed by atoms with Crippen LogP contribution in [0, 0.1) is 13.8 Å². The smallest absolute Gasteiger partial charge is 0.248 e. The second-order valence-corrected chi connectivity index (χ2v) is 3.29. The molecule has 0 spiro atoms. The van der Waals surface area contributed by atoms with Crippen molar-refractivity contribution in [3.8, 4) is 0 Å². The normalized spacial score (nSPS) is 10.5. The lowest BCUT2D eigenvalue weighted by Crippen LogP contribution is -2.07. The molecule has 0 heterocycles. The van der Waals surface area contributed by atoms with Crippen molar-refractivity contribution < 1.29 is 4.79 Å². The molecule has 0 aromatic heterocycles. The van der Waals surface area contributed by atoms with E-state index in [-0.39, 0.29) is 5.91 Å². The maximum absolute atomic E-state index is 11.2. The van der Waals surface area contributed by atoms with Gasteiger partial charge in [0.25, 0.3) is 0 Å². The predicted octanol–water partition coefficient (Wildman–Crippen LogP) is 2.82. The first kappa shape index (κ1) is 10.5. The molecule has 74 valence electrons. The van der Waals surface area contributed by atoms with E-state index >= 15 is 0 Å². The maximum atomic E-state index is 11.2. The third kappa shape index (κ3) is 2.73. The minimum absolute atomic E-state index is 0.0873. The van der Waals surface area contributed by atoms with E-state index in [1.165, 1.54) is 17.2 Å². The Kier molecular flexibility index (Phi) is 3.46. The molecule has 0 radical (unpaired) electrons. The number of carbonyl (C=O) groups is 1. The number of amides is 1. The molecule has 1 aromatic rings. The van der Waals surface area contributed by atoms with Crippen LogP contribution in [0.25, 0.3) is 0 Å². The van der Waals surface area contributed by atoms with Crippen molar-refractivity contribution >= 4 is 11.6 Å². The predicted molar refractivity (Wildman–Crippen MR) is 59.4 cm³/mol. The van der Waals surface area contributed by atoms with Gasteiger partial charge in [-0.25, -0.2) is 0 Å². The highest BCUT2D eigenvalue weighted by Gasteiger charge is 1.98. The monoisotopic (exact) mass is 189 g/mol. The summed E-state index contributed by atoms with van der Waals surface area (Å²) in [7, 11) is 0. The van der Waals surface area contributed by atoms with E-state index < -0.39 is 0 Å².